The van der Waals surface area contributed by atoms with E-state index >= 15 is 0 Å². The third kappa shape index (κ3) is 5.51. The minimum Gasteiger partial charge on any atom is -0.463 e. The number of hydrogen-bond acceptors (Lipinski definition) is 6. The van der Waals surface area contributed by atoms with Crippen molar-refractivity contribution in [2.45, 2.75) is 46.6 Å². The van der Waals surface area contributed by atoms with Crippen molar-refractivity contribution in [3.05, 3.63) is 93.2 Å². The molecule has 0 unspecified atom stereocenters. The molecule has 0 fully saturated rings. The SMILES string of the molecule is CCOC(=O)C1=C(C)N=C2SC=C(CC(=O)NCCc3ccccc3)N2[C@H]1c1ccc(C)cc1C. The average Bonchev–Trinajstić information content (AvgIpc) is 3.21. The van der Waals surface area contributed by atoms with Gasteiger partial charge in [-0.15, -0.1) is 0 Å². The number of aryl methyl sites for hydroxylation is 2. The number of amidine groups is 1. The Morgan fingerprint density at radius 2 is 1.89 bits per heavy atom. The fourth-order valence-corrected chi connectivity index (χ4v) is 5.45. The lowest BCUT2D eigenvalue weighted by atomic mass is 9.90. The summed E-state index contributed by atoms with van der Waals surface area (Å²) in [5.74, 6) is -0.432. The van der Waals surface area contributed by atoms with E-state index in [9.17, 15) is 9.59 Å². The lowest BCUT2D eigenvalue weighted by molar-refractivity contribution is -0.139. The number of carbonyl (C=O) groups excluding carboxylic acids is 2. The lowest BCUT2D eigenvalue weighted by Gasteiger charge is -2.37. The second-order valence-corrected chi connectivity index (χ2v) is 9.57. The highest BCUT2D eigenvalue weighted by Crippen LogP contribution is 2.45. The van der Waals surface area contributed by atoms with E-state index in [1.54, 1.807) is 6.92 Å². The quantitative estimate of drug-likeness (QED) is 0.517. The number of benzene rings is 2. The number of thioether (sulfide) groups is 1. The van der Waals surface area contributed by atoms with Crippen molar-refractivity contribution in [3.8, 4) is 0 Å². The second kappa shape index (κ2) is 11.0. The molecule has 1 N–H and O–H groups in total. The summed E-state index contributed by atoms with van der Waals surface area (Å²) in [5, 5.41) is 5.77. The summed E-state index contributed by atoms with van der Waals surface area (Å²) in [4.78, 5) is 32.7. The molecule has 2 aromatic carbocycles. The molecule has 2 aliphatic heterocycles. The Kier molecular flexibility index (Phi) is 7.76. The molecule has 7 heteroatoms. The van der Waals surface area contributed by atoms with Gasteiger partial charge in [0, 0.05) is 12.2 Å². The summed E-state index contributed by atoms with van der Waals surface area (Å²) in [7, 11) is 0. The summed E-state index contributed by atoms with van der Waals surface area (Å²) in [5.41, 5.74) is 6.40. The molecule has 0 bridgehead atoms. The Balaban J connectivity index is 1.58. The number of allylic oxidation sites excluding steroid dienone is 1. The molecule has 1 atom stereocenters. The van der Waals surface area contributed by atoms with Gasteiger partial charge in [0.25, 0.3) is 0 Å². The highest BCUT2D eigenvalue weighted by molar-refractivity contribution is 8.16. The van der Waals surface area contributed by atoms with Crippen LogP contribution in [0.3, 0.4) is 0 Å². The van der Waals surface area contributed by atoms with Crippen LogP contribution in [0.5, 0.6) is 0 Å². The van der Waals surface area contributed by atoms with Crippen molar-refractivity contribution >= 4 is 28.8 Å². The number of esters is 1. The highest BCUT2D eigenvalue weighted by atomic mass is 32.2. The van der Waals surface area contributed by atoms with Crippen LogP contribution in [0.4, 0.5) is 0 Å². The van der Waals surface area contributed by atoms with Crippen LogP contribution in [-0.2, 0) is 20.7 Å². The highest BCUT2D eigenvalue weighted by Gasteiger charge is 2.41. The summed E-state index contributed by atoms with van der Waals surface area (Å²) in [6.45, 7) is 8.60. The molecule has 0 radical (unpaired) electrons. The summed E-state index contributed by atoms with van der Waals surface area (Å²) >= 11 is 1.48. The first-order chi connectivity index (χ1) is 16.9. The maximum Gasteiger partial charge on any atom is 0.338 e. The fraction of sp³-hybridized carbons (Fsp3) is 0.321. The van der Waals surface area contributed by atoms with Gasteiger partial charge in [-0.25, -0.2) is 9.79 Å². The molecule has 4 rings (SSSR count). The van der Waals surface area contributed by atoms with Gasteiger partial charge in [-0.1, -0.05) is 65.9 Å². The number of nitrogens with one attached hydrogen (secondary N) is 1. The smallest absolute Gasteiger partial charge is 0.338 e. The molecule has 0 aromatic heterocycles. The first kappa shape index (κ1) is 24.8. The Morgan fingerprint density at radius 3 is 2.60 bits per heavy atom. The van der Waals surface area contributed by atoms with E-state index in [1.165, 1.54) is 17.3 Å². The number of hydrogen-bond donors (Lipinski definition) is 1. The molecule has 2 aliphatic rings. The van der Waals surface area contributed by atoms with Crippen molar-refractivity contribution in [1.29, 1.82) is 0 Å². The first-order valence-corrected chi connectivity index (χ1v) is 12.8. The molecule has 0 aliphatic carbocycles. The Hall–Kier alpha value is -3.32. The molecular formula is C28H31N3O3S. The van der Waals surface area contributed by atoms with E-state index < -0.39 is 6.04 Å². The van der Waals surface area contributed by atoms with Crippen LogP contribution in [0.15, 0.2) is 75.9 Å². The fourth-order valence-electron chi connectivity index (χ4n) is 4.48. The molecule has 0 spiro atoms. The first-order valence-electron chi connectivity index (χ1n) is 11.9. The summed E-state index contributed by atoms with van der Waals surface area (Å²) in [6, 6.07) is 15.9. The van der Waals surface area contributed by atoms with Crippen molar-refractivity contribution in [2.75, 3.05) is 13.2 Å². The standard InChI is InChI=1S/C28H31N3O3S/c1-5-34-27(33)25-20(4)30-28-31(26(25)23-12-11-18(2)15-19(23)3)22(17-35-28)16-24(32)29-14-13-21-9-7-6-8-10-21/h6-12,15,17,26H,5,13-14,16H2,1-4H3,(H,29,32)/t26-/m0/s1. The predicted molar refractivity (Wildman–Crippen MR) is 141 cm³/mol. The maximum atomic E-state index is 13.1. The second-order valence-electron chi connectivity index (χ2n) is 8.74. The van der Waals surface area contributed by atoms with E-state index in [0.717, 1.165) is 34.0 Å². The predicted octanol–water partition coefficient (Wildman–Crippen LogP) is 5.19. The van der Waals surface area contributed by atoms with Crippen LogP contribution in [0.25, 0.3) is 0 Å². The zero-order chi connectivity index (χ0) is 24.9. The number of amides is 1. The van der Waals surface area contributed by atoms with E-state index in [0.29, 0.717) is 17.8 Å². The van der Waals surface area contributed by atoms with Gasteiger partial charge in [-0.05, 0) is 56.2 Å². The van der Waals surface area contributed by atoms with Crippen LogP contribution < -0.4 is 5.32 Å². The van der Waals surface area contributed by atoms with Crippen LogP contribution in [0, 0.1) is 13.8 Å². The third-order valence-electron chi connectivity index (χ3n) is 6.14. The van der Waals surface area contributed by atoms with Crippen molar-refractivity contribution in [2.24, 2.45) is 4.99 Å². The van der Waals surface area contributed by atoms with Gasteiger partial charge < -0.3 is 15.0 Å². The number of carbonyl (C=O) groups is 2. The van der Waals surface area contributed by atoms with E-state index in [2.05, 4.69) is 49.5 Å². The minimum absolute atomic E-state index is 0.0580. The van der Waals surface area contributed by atoms with E-state index in [-0.39, 0.29) is 24.9 Å². The summed E-state index contributed by atoms with van der Waals surface area (Å²) in [6.07, 6.45) is 0.980. The molecule has 6 nitrogen and oxygen atoms in total. The third-order valence-corrected chi connectivity index (χ3v) is 7.02. The largest absolute Gasteiger partial charge is 0.463 e. The number of fused-ring (bicyclic) bond motifs is 1. The van der Waals surface area contributed by atoms with Crippen LogP contribution in [-0.4, -0.2) is 35.1 Å². The van der Waals surface area contributed by atoms with Gasteiger partial charge in [-0.2, -0.15) is 0 Å². The van der Waals surface area contributed by atoms with Crippen molar-refractivity contribution < 1.29 is 14.3 Å². The normalized spacial score (nSPS) is 17.0. The molecule has 2 aromatic rings. The van der Waals surface area contributed by atoms with Crippen molar-refractivity contribution in [3.63, 3.8) is 0 Å². The number of aliphatic imine (C=N–C) groups is 1. The Labute approximate surface area is 211 Å². The van der Waals surface area contributed by atoms with Gasteiger partial charge in [0.2, 0.25) is 5.91 Å². The molecular weight excluding hydrogens is 458 g/mol. The zero-order valence-corrected chi connectivity index (χ0v) is 21.4. The molecule has 1 amide bonds. The Morgan fingerprint density at radius 1 is 1.11 bits per heavy atom. The molecule has 2 heterocycles. The van der Waals surface area contributed by atoms with E-state index in [1.807, 2.05) is 35.4 Å². The summed E-state index contributed by atoms with van der Waals surface area (Å²) < 4.78 is 5.43. The number of rotatable bonds is 8. The molecule has 0 saturated heterocycles. The van der Waals surface area contributed by atoms with Gasteiger partial charge in [0.15, 0.2) is 5.17 Å². The minimum atomic E-state index is -0.402. The van der Waals surface area contributed by atoms with Gasteiger partial charge in [0.05, 0.1) is 30.3 Å². The monoisotopic (exact) mass is 489 g/mol. The number of ether oxygens (including phenoxy) is 1. The van der Waals surface area contributed by atoms with Crippen LogP contribution >= 0.6 is 11.8 Å². The zero-order valence-electron chi connectivity index (χ0n) is 20.6. The topological polar surface area (TPSA) is 71.0 Å². The average molecular weight is 490 g/mol. The van der Waals surface area contributed by atoms with Crippen molar-refractivity contribution in [1.82, 2.24) is 10.2 Å². The van der Waals surface area contributed by atoms with E-state index in [4.69, 9.17) is 9.73 Å². The van der Waals surface area contributed by atoms with Gasteiger partial charge in [-0.3, -0.25) is 4.79 Å². The Bertz CT molecular complexity index is 1220. The van der Waals surface area contributed by atoms with Crippen LogP contribution in [0.1, 0.15) is 48.6 Å². The number of nitrogens with zero attached hydrogens (tertiary/aromatic N) is 2. The molecule has 35 heavy (non-hydrogen) atoms. The maximum absolute atomic E-state index is 13.1. The molecule has 182 valence electrons. The molecule has 0 saturated carbocycles. The lowest BCUT2D eigenvalue weighted by Crippen LogP contribution is -2.38. The van der Waals surface area contributed by atoms with Gasteiger partial charge >= 0.3 is 5.97 Å². The van der Waals surface area contributed by atoms with Crippen LogP contribution in [0.2, 0.25) is 0 Å². The van der Waals surface area contributed by atoms with Gasteiger partial charge in [0.1, 0.15) is 0 Å².